The smallest absolute Gasteiger partial charge is 0.306 e. The van der Waals surface area contributed by atoms with Gasteiger partial charge in [-0.2, -0.15) is 0 Å². The predicted octanol–water partition coefficient (Wildman–Crippen LogP) is 13.6. The van der Waals surface area contributed by atoms with Crippen LogP contribution >= 0.6 is 0 Å². The molecule has 0 aromatic rings. The Bertz CT molecular complexity index is 1200. The summed E-state index contributed by atoms with van der Waals surface area (Å²) in [5.74, 6) is -1.04. The van der Waals surface area contributed by atoms with Crippen LogP contribution in [0.25, 0.3) is 0 Å². The molecule has 0 aromatic carbocycles. The van der Waals surface area contributed by atoms with Crippen molar-refractivity contribution in [3.05, 3.63) is 109 Å². The van der Waals surface area contributed by atoms with E-state index in [9.17, 15) is 14.4 Å². The zero-order chi connectivity index (χ0) is 40.1. The van der Waals surface area contributed by atoms with Gasteiger partial charge in [0.25, 0.3) is 0 Å². The molecular weight excluding hydrogens is 685 g/mol. The lowest BCUT2D eigenvalue weighted by Crippen LogP contribution is -2.30. The Morgan fingerprint density at radius 1 is 0.382 bits per heavy atom. The summed E-state index contributed by atoms with van der Waals surface area (Å²) in [6.45, 7) is 6.14. The molecule has 0 rings (SSSR count). The third-order valence-electron chi connectivity index (χ3n) is 8.31. The number of carbonyl (C=O) groups excluding carboxylic acids is 3. The highest BCUT2D eigenvalue weighted by Crippen LogP contribution is 2.11. The van der Waals surface area contributed by atoms with Crippen LogP contribution in [-0.4, -0.2) is 37.2 Å². The van der Waals surface area contributed by atoms with Gasteiger partial charge in [0.2, 0.25) is 0 Å². The minimum Gasteiger partial charge on any atom is -0.462 e. The number of carbonyl (C=O) groups is 3. The average Bonchev–Trinajstić information content (AvgIpc) is 3.18. The number of ether oxygens (including phenoxy) is 3. The van der Waals surface area contributed by atoms with E-state index in [1.165, 1.54) is 0 Å². The maximum atomic E-state index is 12.7. The summed E-state index contributed by atoms with van der Waals surface area (Å²) in [7, 11) is 0. The van der Waals surface area contributed by atoms with Crippen molar-refractivity contribution >= 4 is 17.9 Å². The summed E-state index contributed by atoms with van der Waals surface area (Å²) >= 11 is 0. The number of hydrogen-bond donors (Lipinski definition) is 0. The molecule has 6 heteroatoms. The van der Waals surface area contributed by atoms with E-state index >= 15 is 0 Å². The Kier molecular flexibility index (Phi) is 39.7. The number of hydrogen-bond acceptors (Lipinski definition) is 6. The van der Waals surface area contributed by atoms with Crippen LogP contribution in [0, 0.1) is 0 Å². The Morgan fingerprint density at radius 3 is 1.25 bits per heavy atom. The molecule has 308 valence electrons. The fraction of sp³-hybridized carbons (Fsp3) is 0.571. The molecule has 0 bridgehead atoms. The van der Waals surface area contributed by atoms with Gasteiger partial charge in [0.05, 0.1) is 0 Å². The van der Waals surface area contributed by atoms with Crippen LogP contribution in [0.3, 0.4) is 0 Å². The average molecular weight is 761 g/mol. The fourth-order valence-corrected chi connectivity index (χ4v) is 5.17. The predicted molar refractivity (Wildman–Crippen MR) is 233 cm³/mol. The van der Waals surface area contributed by atoms with Crippen LogP contribution in [-0.2, 0) is 28.6 Å². The maximum absolute atomic E-state index is 12.7. The fourth-order valence-electron chi connectivity index (χ4n) is 5.17. The minimum absolute atomic E-state index is 0.120. The standard InChI is InChI=1S/C49H76O6/c1-4-7-10-13-16-19-22-25-28-30-33-36-39-42-48(51)54-45-46(55-49(52)43-40-37-34-31-27-24-21-18-15-12-9-6-3)44-53-47(50)41-38-35-32-29-26-23-20-17-14-11-8-5-2/h7-13,16-22,26-27,29,31,46H,4-6,14-15,23-25,28,30,32-45H2,1-3H3/b10-7-,11-8-,12-9-,16-13-,20-17-,21-18-,22-19-,29-26-,31-27-. The molecule has 0 aromatic heterocycles. The third kappa shape index (κ3) is 41.1. The first-order chi connectivity index (χ1) is 27.0. The molecule has 0 N–H and O–H groups in total. The summed E-state index contributed by atoms with van der Waals surface area (Å²) in [5.41, 5.74) is 0. The summed E-state index contributed by atoms with van der Waals surface area (Å²) in [6, 6.07) is 0. The molecule has 0 heterocycles. The second kappa shape index (κ2) is 42.8. The van der Waals surface area contributed by atoms with Gasteiger partial charge in [-0.15, -0.1) is 0 Å². The molecule has 6 nitrogen and oxygen atoms in total. The lowest BCUT2D eigenvalue weighted by atomic mass is 10.1. The second-order valence-electron chi connectivity index (χ2n) is 13.5. The van der Waals surface area contributed by atoms with Crippen molar-refractivity contribution in [1.82, 2.24) is 0 Å². The number of rotatable bonds is 36. The SMILES string of the molecule is CC\C=C/C=C\C=C/CCCCCCCC(=O)OCC(COC(=O)CCCC/C=C\C/C=C\C/C=C\CC)OC(=O)CCCC/C=C\C/C=C\C/C=C\CC. The molecule has 55 heavy (non-hydrogen) atoms. The van der Waals surface area contributed by atoms with E-state index < -0.39 is 6.10 Å². The largest absolute Gasteiger partial charge is 0.462 e. The molecule has 0 fully saturated rings. The first-order valence-corrected chi connectivity index (χ1v) is 21.4. The van der Waals surface area contributed by atoms with Gasteiger partial charge in [0, 0.05) is 19.3 Å². The van der Waals surface area contributed by atoms with Gasteiger partial charge in [-0.1, -0.05) is 149 Å². The van der Waals surface area contributed by atoms with Crippen molar-refractivity contribution in [3.8, 4) is 0 Å². The quantitative estimate of drug-likeness (QED) is 0.0208. The van der Waals surface area contributed by atoms with Crippen LogP contribution < -0.4 is 0 Å². The van der Waals surface area contributed by atoms with E-state index in [1.807, 2.05) is 6.08 Å². The van der Waals surface area contributed by atoms with Crippen molar-refractivity contribution in [2.45, 2.75) is 168 Å². The van der Waals surface area contributed by atoms with E-state index in [2.05, 4.69) is 124 Å². The summed E-state index contributed by atoms with van der Waals surface area (Å²) in [5, 5.41) is 0. The van der Waals surface area contributed by atoms with Crippen molar-refractivity contribution in [1.29, 1.82) is 0 Å². The minimum atomic E-state index is -0.821. The third-order valence-corrected chi connectivity index (χ3v) is 8.31. The monoisotopic (exact) mass is 761 g/mol. The first kappa shape index (κ1) is 51.1. The van der Waals surface area contributed by atoms with Gasteiger partial charge in [0.1, 0.15) is 13.2 Å². The molecule has 1 atom stereocenters. The van der Waals surface area contributed by atoms with Crippen molar-refractivity contribution in [2.75, 3.05) is 13.2 Å². The van der Waals surface area contributed by atoms with E-state index in [1.54, 1.807) is 0 Å². The van der Waals surface area contributed by atoms with Crippen LogP contribution in [0.4, 0.5) is 0 Å². The van der Waals surface area contributed by atoms with Crippen LogP contribution in [0.1, 0.15) is 162 Å². The van der Waals surface area contributed by atoms with Gasteiger partial charge >= 0.3 is 17.9 Å². The highest BCUT2D eigenvalue weighted by Gasteiger charge is 2.19. The molecule has 0 saturated carbocycles. The molecule has 0 amide bonds. The molecule has 1 unspecified atom stereocenters. The molecule has 0 aliphatic heterocycles. The Balaban J connectivity index is 4.56. The second-order valence-corrected chi connectivity index (χ2v) is 13.5. The normalized spacial score (nSPS) is 13.1. The zero-order valence-corrected chi connectivity index (χ0v) is 34.9. The van der Waals surface area contributed by atoms with Crippen molar-refractivity contribution < 1.29 is 28.6 Å². The highest BCUT2D eigenvalue weighted by atomic mass is 16.6. The molecule has 0 spiro atoms. The number of allylic oxidation sites excluding steroid dienone is 18. The summed E-state index contributed by atoms with van der Waals surface area (Å²) in [4.78, 5) is 37.6. The van der Waals surface area contributed by atoms with Crippen molar-refractivity contribution in [3.63, 3.8) is 0 Å². The maximum Gasteiger partial charge on any atom is 0.306 e. The molecule has 0 aliphatic rings. The number of unbranched alkanes of at least 4 members (excludes halogenated alkanes) is 9. The van der Waals surface area contributed by atoms with E-state index in [0.29, 0.717) is 25.7 Å². The first-order valence-electron chi connectivity index (χ1n) is 21.4. The van der Waals surface area contributed by atoms with E-state index in [0.717, 1.165) is 109 Å². The highest BCUT2D eigenvalue weighted by molar-refractivity contribution is 5.71. The molecule has 0 aliphatic carbocycles. The summed E-state index contributed by atoms with van der Waals surface area (Å²) < 4.78 is 16.6. The van der Waals surface area contributed by atoms with Crippen LogP contribution in [0.15, 0.2) is 109 Å². The van der Waals surface area contributed by atoms with Crippen LogP contribution in [0.2, 0.25) is 0 Å². The van der Waals surface area contributed by atoms with Gasteiger partial charge in [-0.25, -0.2) is 0 Å². The van der Waals surface area contributed by atoms with Gasteiger partial charge in [0.15, 0.2) is 6.10 Å². The lowest BCUT2D eigenvalue weighted by Gasteiger charge is -2.18. The Morgan fingerprint density at radius 2 is 0.745 bits per heavy atom. The van der Waals surface area contributed by atoms with E-state index in [-0.39, 0.29) is 37.5 Å². The van der Waals surface area contributed by atoms with Crippen molar-refractivity contribution in [2.24, 2.45) is 0 Å². The van der Waals surface area contributed by atoms with E-state index in [4.69, 9.17) is 14.2 Å². The van der Waals surface area contributed by atoms with Gasteiger partial charge < -0.3 is 14.2 Å². The van der Waals surface area contributed by atoms with Gasteiger partial charge in [-0.3, -0.25) is 14.4 Å². The Hall–Kier alpha value is -3.93. The zero-order valence-electron chi connectivity index (χ0n) is 34.9. The lowest BCUT2D eigenvalue weighted by molar-refractivity contribution is -0.167. The number of esters is 3. The van der Waals surface area contributed by atoms with Crippen LogP contribution in [0.5, 0.6) is 0 Å². The van der Waals surface area contributed by atoms with Gasteiger partial charge in [-0.05, 0) is 103 Å². The summed E-state index contributed by atoms with van der Waals surface area (Å²) in [6.07, 6.45) is 56.5. The topological polar surface area (TPSA) is 78.9 Å². The molecule has 0 radical (unpaired) electrons. The molecular formula is C49H76O6. The molecule has 0 saturated heterocycles. The Labute approximate surface area is 336 Å².